The van der Waals surface area contributed by atoms with E-state index in [1.807, 2.05) is 61.5 Å². The Morgan fingerprint density at radius 2 is 1.72 bits per heavy atom. The number of fused-ring (bicyclic) bond motifs is 1. The lowest BCUT2D eigenvalue weighted by Gasteiger charge is -2.14. The number of amides is 1. The van der Waals surface area contributed by atoms with Crippen LogP contribution in [-0.2, 0) is 4.74 Å². The van der Waals surface area contributed by atoms with Gasteiger partial charge in [-0.1, -0.05) is 48.5 Å². The minimum Gasteiger partial charge on any atom is -0.465 e. The molecule has 2 heterocycles. The highest BCUT2D eigenvalue weighted by Gasteiger charge is 2.24. The molecule has 0 unspecified atom stereocenters. The van der Waals surface area contributed by atoms with Crippen LogP contribution >= 0.6 is 11.3 Å². The maximum Gasteiger partial charge on any atom is 0.348 e. The molecule has 6 nitrogen and oxygen atoms in total. The van der Waals surface area contributed by atoms with Crippen molar-refractivity contribution in [3.63, 3.8) is 0 Å². The molecule has 0 saturated heterocycles. The molecule has 158 valence electrons. The zero-order valence-electron chi connectivity index (χ0n) is 17.7. The van der Waals surface area contributed by atoms with Crippen LogP contribution in [0.25, 0.3) is 22.2 Å². The van der Waals surface area contributed by atoms with E-state index < -0.39 is 5.97 Å². The molecule has 0 aliphatic carbocycles. The first-order valence-corrected chi connectivity index (χ1v) is 10.7. The number of carbonyl (C=O) groups is 2. The van der Waals surface area contributed by atoms with E-state index in [1.54, 1.807) is 6.92 Å². The van der Waals surface area contributed by atoms with Crippen molar-refractivity contribution < 1.29 is 14.3 Å². The van der Waals surface area contributed by atoms with Gasteiger partial charge in [0.1, 0.15) is 15.9 Å². The summed E-state index contributed by atoms with van der Waals surface area (Å²) in [6, 6.07) is 19.2. The van der Waals surface area contributed by atoms with Gasteiger partial charge in [0.2, 0.25) is 0 Å². The summed E-state index contributed by atoms with van der Waals surface area (Å²) in [5.74, 6) is -0.908. The lowest BCUT2D eigenvalue weighted by molar-refractivity contribution is 0.0605. The van der Waals surface area contributed by atoms with Crippen molar-refractivity contribution >= 4 is 39.1 Å². The van der Waals surface area contributed by atoms with Gasteiger partial charge in [-0.25, -0.2) is 9.78 Å². The molecule has 2 aromatic heterocycles. The maximum absolute atomic E-state index is 13.5. The molecule has 1 N–H and O–H groups in total. The molecule has 4 aromatic rings. The highest BCUT2D eigenvalue weighted by atomic mass is 32.1. The van der Waals surface area contributed by atoms with Gasteiger partial charge in [0.05, 0.1) is 29.4 Å². The maximum atomic E-state index is 13.5. The molecular formula is C25H19N3O3S. The summed E-state index contributed by atoms with van der Waals surface area (Å²) >= 11 is 1.03. The summed E-state index contributed by atoms with van der Waals surface area (Å²) in [7, 11) is 1.28. The van der Waals surface area contributed by atoms with E-state index >= 15 is 0 Å². The van der Waals surface area contributed by atoms with Gasteiger partial charge in [-0.05, 0) is 31.0 Å². The van der Waals surface area contributed by atoms with E-state index in [-0.39, 0.29) is 11.5 Å². The van der Waals surface area contributed by atoms with Crippen LogP contribution in [0.1, 0.15) is 36.7 Å². The van der Waals surface area contributed by atoms with E-state index in [4.69, 9.17) is 9.72 Å². The van der Waals surface area contributed by atoms with Crippen LogP contribution in [0.15, 0.2) is 54.6 Å². The second-order valence-corrected chi connectivity index (χ2v) is 8.18. The summed E-state index contributed by atoms with van der Waals surface area (Å²) in [5.41, 5.74) is 4.26. The fourth-order valence-electron chi connectivity index (χ4n) is 3.67. The Bertz CT molecular complexity index is 1400. The Kier molecular flexibility index (Phi) is 5.71. The fraction of sp³-hybridized carbons (Fsp3) is 0.120. The van der Waals surface area contributed by atoms with E-state index in [0.29, 0.717) is 37.6 Å². The normalized spacial score (nSPS) is 10.6. The van der Waals surface area contributed by atoms with Gasteiger partial charge in [-0.2, -0.15) is 5.26 Å². The summed E-state index contributed by atoms with van der Waals surface area (Å²) in [5, 5.41) is 13.5. The molecular weight excluding hydrogens is 422 g/mol. The van der Waals surface area contributed by atoms with Crippen molar-refractivity contribution in [3.8, 4) is 17.3 Å². The first kappa shape index (κ1) is 21.2. The van der Waals surface area contributed by atoms with Crippen molar-refractivity contribution in [3.05, 3.63) is 81.7 Å². The Morgan fingerprint density at radius 3 is 2.41 bits per heavy atom. The Hall–Kier alpha value is -4.02. The Morgan fingerprint density at radius 1 is 1.03 bits per heavy atom. The molecule has 0 saturated carbocycles. The lowest BCUT2D eigenvalue weighted by atomic mass is 9.97. The molecule has 0 atom stereocenters. The van der Waals surface area contributed by atoms with Crippen molar-refractivity contribution in [1.82, 2.24) is 4.98 Å². The van der Waals surface area contributed by atoms with E-state index in [2.05, 4.69) is 11.4 Å². The molecule has 0 fully saturated rings. The molecule has 0 aliphatic rings. The number of aromatic nitrogens is 1. The predicted molar refractivity (Wildman–Crippen MR) is 125 cm³/mol. The highest BCUT2D eigenvalue weighted by molar-refractivity contribution is 7.18. The smallest absolute Gasteiger partial charge is 0.348 e. The van der Waals surface area contributed by atoms with Gasteiger partial charge in [-0.15, -0.1) is 11.3 Å². The lowest BCUT2D eigenvalue weighted by Crippen LogP contribution is -2.15. The summed E-state index contributed by atoms with van der Waals surface area (Å²) < 4.78 is 4.80. The van der Waals surface area contributed by atoms with Crippen LogP contribution < -0.4 is 5.32 Å². The largest absolute Gasteiger partial charge is 0.465 e. The summed E-state index contributed by atoms with van der Waals surface area (Å²) in [4.78, 5) is 30.6. The SMILES string of the molecule is COC(=O)c1sc(NC(=O)c2c(C)c(-c3ccccc3)nc3ccccc23)c(C#N)c1C. The number of para-hydroxylation sites is 1. The predicted octanol–water partition coefficient (Wildman–Crippen LogP) is 5.49. The first-order valence-electron chi connectivity index (χ1n) is 9.84. The molecule has 1 amide bonds. The van der Waals surface area contributed by atoms with E-state index in [1.165, 1.54) is 7.11 Å². The minimum absolute atomic E-state index is 0.253. The van der Waals surface area contributed by atoms with Crippen LogP contribution in [0.4, 0.5) is 5.00 Å². The number of rotatable bonds is 4. The first-order chi connectivity index (χ1) is 15.5. The molecule has 2 aromatic carbocycles. The number of methoxy groups -OCH3 is 1. The summed E-state index contributed by atoms with van der Waals surface area (Å²) in [6.07, 6.45) is 0. The number of nitrogens with zero attached hydrogens (tertiary/aromatic N) is 2. The average molecular weight is 442 g/mol. The Balaban J connectivity index is 1.86. The van der Waals surface area contributed by atoms with E-state index in [0.717, 1.165) is 22.5 Å². The number of anilines is 1. The summed E-state index contributed by atoms with van der Waals surface area (Å²) in [6.45, 7) is 3.53. The molecule has 7 heteroatoms. The van der Waals surface area contributed by atoms with Gasteiger partial charge >= 0.3 is 5.97 Å². The third kappa shape index (κ3) is 3.61. The highest BCUT2D eigenvalue weighted by Crippen LogP contribution is 2.35. The van der Waals surface area contributed by atoms with Crippen molar-refractivity contribution in [1.29, 1.82) is 5.26 Å². The van der Waals surface area contributed by atoms with Gasteiger partial charge in [-0.3, -0.25) is 4.79 Å². The van der Waals surface area contributed by atoms with Crippen LogP contribution in [0, 0.1) is 25.2 Å². The number of nitrogens with one attached hydrogen (secondary N) is 1. The van der Waals surface area contributed by atoms with Crippen molar-refractivity contribution in [2.24, 2.45) is 0 Å². The number of thiophene rings is 1. The minimum atomic E-state index is -0.540. The quantitative estimate of drug-likeness (QED) is 0.423. The number of esters is 1. The number of benzene rings is 2. The molecule has 0 spiro atoms. The van der Waals surface area contributed by atoms with Gasteiger partial charge < -0.3 is 10.1 Å². The van der Waals surface area contributed by atoms with Crippen LogP contribution in [0.2, 0.25) is 0 Å². The number of hydrogen-bond donors (Lipinski definition) is 1. The molecule has 32 heavy (non-hydrogen) atoms. The topological polar surface area (TPSA) is 92.1 Å². The fourth-order valence-corrected chi connectivity index (χ4v) is 4.74. The number of ether oxygens (including phenoxy) is 1. The number of pyridine rings is 1. The monoisotopic (exact) mass is 441 g/mol. The number of nitriles is 1. The van der Waals surface area contributed by atoms with Gasteiger partial charge in [0.15, 0.2) is 0 Å². The van der Waals surface area contributed by atoms with Crippen LogP contribution in [-0.4, -0.2) is 24.0 Å². The third-order valence-corrected chi connectivity index (χ3v) is 6.45. The van der Waals surface area contributed by atoms with Gasteiger partial charge in [0, 0.05) is 10.9 Å². The second-order valence-electron chi connectivity index (χ2n) is 7.16. The Labute approximate surface area is 189 Å². The standard InChI is InChI=1S/C25H19N3O3S/c1-14-18(13-26)24(32-22(14)25(30)31-3)28-23(29)20-15(2)21(16-9-5-4-6-10-16)27-19-12-8-7-11-17(19)20/h4-12H,1-3H3,(H,28,29). The molecule has 4 rings (SSSR count). The van der Waals surface area contributed by atoms with Crippen LogP contribution in [0.5, 0.6) is 0 Å². The van der Waals surface area contributed by atoms with Crippen LogP contribution in [0.3, 0.4) is 0 Å². The van der Waals surface area contributed by atoms with Crippen molar-refractivity contribution in [2.45, 2.75) is 13.8 Å². The van der Waals surface area contributed by atoms with Crippen molar-refractivity contribution in [2.75, 3.05) is 12.4 Å². The zero-order valence-corrected chi connectivity index (χ0v) is 18.5. The number of carbonyl (C=O) groups excluding carboxylic acids is 2. The average Bonchev–Trinajstić information content (AvgIpc) is 3.13. The van der Waals surface area contributed by atoms with Gasteiger partial charge in [0.25, 0.3) is 5.91 Å². The third-order valence-electron chi connectivity index (χ3n) is 5.27. The second kappa shape index (κ2) is 8.61. The number of hydrogen-bond acceptors (Lipinski definition) is 6. The molecule has 0 radical (unpaired) electrons. The molecule has 0 aliphatic heterocycles. The zero-order chi connectivity index (χ0) is 22.8. The molecule has 0 bridgehead atoms. The van der Waals surface area contributed by atoms with E-state index in [9.17, 15) is 14.9 Å².